The van der Waals surface area contributed by atoms with E-state index in [0.717, 1.165) is 18.8 Å². The van der Waals surface area contributed by atoms with E-state index in [1.54, 1.807) is 0 Å². The van der Waals surface area contributed by atoms with Gasteiger partial charge in [0.1, 0.15) is 5.82 Å². The van der Waals surface area contributed by atoms with Crippen LogP contribution in [0, 0.1) is 0 Å². The lowest BCUT2D eigenvalue weighted by atomic mass is 10.2. The minimum atomic E-state index is 0.634. The molecule has 1 unspecified atom stereocenters. The summed E-state index contributed by atoms with van der Waals surface area (Å²) in [5, 5.41) is 6.93. The molecule has 0 saturated carbocycles. The van der Waals surface area contributed by atoms with E-state index in [4.69, 9.17) is 0 Å². The van der Waals surface area contributed by atoms with E-state index >= 15 is 0 Å². The van der Waals surface area contributed by atoms with Gasteiger partial charge in [-0.25, -0.2) is 4.98 Å². The van der Waals surface area contributed by atoms with Crippen LogP contribution in [0.5, 0.6) is 0 Å². The van der Waals surface area contributed by atoms with Gasteiger partial charge in [0.2, 0.25) is 0 Å². The molecular weight excluding hydrogens is 198 g/mol. The van der Waals surface area contributed by atoms with Crippen molar-refractivity contribution in [2.75, 3.05) is 18.4 Å². The molecule has 2 heterocycles. The zero-order valence-corrected chi connectivity index (χ0v) is 9.63. The summed E-state index contributed by atoms with van der Waals surface area (Å²) in [5.41, 5.74) is 2.76. The number of anilines is 1. The van der Waals surface area contributed by atoms with Crippen LogP contribution in [0.15, 0.2) is 12.1 Å². The Balaban J connectivity index is 1.61. The zero-order chi connectivity index (χ0) is 10.8. The highest BCUT2D eigenvalue weighted by atomic mass is 15.0. The van der Waals surface area contributed by atoms with Crippen LogP contribution in [0.3, 0.4) is 0 Å². The van der Waals surface area contributed by atoms with Gasteiger partial charge in [-0.15, -0.1) is 0 Å². The van der Waals surface area contributed by atoms with Gasteiger partial charge in [0.05, 0.1) is 0 Å². The van der Waals surface area contributed by atoms with Gasteiger partial charge in [-0.3, -0.25) is 0 Å². The van der Waals surface area contributed by atoms with Crippen molar-refractivity contribution in [2.24, 2.45) is 0 Å². The summed E-state index contributed by atoms with van der Waals surface area (Å²) in [6.07, 6.45) is 6.25. The lowest BCUT2D eigenvalue weighted by Gasteiger charge is -2.12. The summed E-state index contributed by atoms with van der Waals surface area (Å²) in [7, 11) is 0. The molecule has 1 aromatic rings. The Bertz CT molecular complexity index is 369. The second kappa shape index (κ2) is 4.42. The first-order valence-corrected chi connectivity index (χ1v) is 6.38. The first-order chi connectivity index (χ1) is 7.92. The summed E-state index contributed by atoms with van der Waals surface area (Å²) >= 11 is 0. The van der Waals surface area contributed by atoms with Gasteiger partial charge < -0.3 is 10.6 Å². The Morgan fingerprint density at radius 1 is 1.31 bits per heavy atom. The minimum Gasteiger partial charge on any atom is -0.369 e. The highest BCUT2D eigenvalue weighted by Crippen LogP contribution is 2.21. The zero-order valence-electron chi connectivity index (χ0n) is 9.63. The molecule has 1 aromatic heterocycles. The van der Waals surface area contributed by atoms with Gasteiger partial charge in [0.15, 0.2) is 0 Å². The first-order valence-electron chi connectivity index (χ1n) is 6.38. The smallest absolute Gasteiger partial charge is 0.126 e. The number of aryl methyl sites for hydroxylation is 2. The maximum Gasteiger partial charge on any atom is 0.126 e. The second-order valence-corrected chi connectivity index (χ2v) is 4.83. The SMILES string of the molecule is c1cc2c(nc1NCC1CCCN1)CCC2. The number of nitrogens with one attached hydrogen (secondary N) is 2. The topological polar surface area (TPSA) is 37.0 Å². The van der Waals surface area contributed by atoms with Crippen LogP contribution in [0.2, 0.25) is 0 Å². The third kappa shape index (κ3) is 2.05. The molecule has 3 rings (SSSR count). The number of fused-ring (bicyclic) bond motifs is 1. The largest absolute Gasteiger partial charge is 0.369 e. The summed E-state index contributed by atoms with van der Waals surface area (Å²) in [5.74, 6) is 1.05. The van der Waals surface area contributed by atoms with Crippen LogP contribution < -0.4 is 10.6 Å². The molecule has 3 heteroatoms. The van der Waals surface area contributed by atoms with Gasteiger partial charge in [-0.1, -0.05) is 6.07 Å². The molecule has 2 N–H and O–H groups in total. The fourth-order valence-electron chi connectivity index (χ4n) is 2.68. The molecule has 0 amide bonds. The average molecular weight is 217 g/mol. The van der Waals surface area contributed by atoms with Gasteiger partial charge in [0, 0.05) is 18.3 Å². The lowest BCUT2D eigenvalue weighted by molar-refractivity contribution is 0.632. The number of aromatic nitrogens is 1. The normalized spacial score (nSPS) is 23.4. The molecule has 1 aliphatic carbocycles. The second-order valence-electron chi connectivity index (χ2n) is 4.83. The van der Waals surface area contributed by atoms with Crippen molar-refractivity contribution in [3.05, 3.63) is 23.4 Å². The highest BCUT2D eigenvalue weighted by Gasteiger charge is 2.15. The molecule has 2 aliphatic rings. The Morgan fingerprint density at radius 3 is 3.19 bits per heavy atom. The molecule has 3 nitrogen and oxygen atoms in total. The van der Waals surface area contributed by atoms with Crippen molar-refractivity contribution in [3.63, 3.8) is 0 Å². The maximum absolute atomic E-state index is 4.68. The van der Waals surface area contributed by atoms with Crippen molar-refractivity contribution < 1.29 is 0 Å². The van der Waals surface area contributed by atoms with Crippen molar-refractivity contribution in [1.82, 2.24) is 10.3 Å². The standard InChI is InChI=1S/C13H19N3/c1-3-10-6-7-13(16-12(10)5-1)15-9-11-4-2-8-14-11/h6-7,11,14H,1-5,8-9H2,(H,15,16). The molecule has 0 aromatic carbocycles. The van der Waals surface area contributed by atoms with Crippen molar-refractivity contribution in [3.8, 4) is 0 Å². The van der Waals surface area contributed by atoms with Gasteiger partial charge in [-0.2, -0.15) is 0 Å². The fraction of sp³-hybridized carbons (Fsp3) is 0.615. The van der Waals surface area contributed by atoms with E-state index < -0.39 is 0 Å². The van der Waals surface area contributed by atoms with E-state index in [9.17, 15) is 0 Å². The Kier molecular flexibility index (Phi) is 2.79. The summed E-state index contributed by atoms with van der Waals surface area (Å²) < 4.78 is 0. The van der Waals surface area contributed by atoms with Gasteiger partial charge in [0.25, 0.3) is 0 Å². The molecule has 1 saturated heterocycles. The number of hydrogen-bond acceptors (Lipinski definition) is 3. The van der Waals surface area contributed by atoms with Crippen LogP contribution in [0.4, 0.5) is 5.82 Å². The Hall–Kier alpha value is -1.09. The summed E-state index contributed by atoms with van der Waals surface area (Å²) in [6.45, 7) is 2.18. The third-order valence-electron chi connectivity index (χ3n) is 3.62. The number of rotatable bonds is 3. The van der Waals surface area contributed by atoms with E-state index in [2.05, 4.69) is 27.8 Å². The van der Waals surface area contributed by atoms with Crippen LogP contribution in [-0.2, 0) is 12.8 Å². The highest BCUT2D eigenvalue weighted by molar-refractivity contribution is 5.40. The number of hydrogen-bond donors (Lipinski definition) is 2. The van der Waals surface area contributed by atoms with E-state index in [1.807, 2.05) is 0 Å². The lowest BCUT2D eigenvalue weighted by Crippen LogP contribution is -2.29. The molecule has 0 bridgehead atoms. The Labute approximate surface area is 96.7 Å². The van der Waals surface area contributed by atoms with E-state index in [1.165, 1.54) is 43.5 Å². The molecule has 0 spiro atoms. The molecule has 1 atom stereocenters. The molecule has 86 valence electrons. The van der Waals surface area contributed by atoms with Crippen molar-refractivity contribution in [2.45, 2.75) is 38.1 Å². The summed E-state index contributed by atoms with van der Waals surface area (Å²) in [4.78, 5) is 4.68. The minimum absolute atomic E-state index is 0.634. The molecule has 16 heavy (non-hydrogen) atoms. The average Bonchev–Trinajstić information content (AvgIpc) is 2.97. The van der Waals surface area contributed by atoms with E-state index in [-0.39, 0.29) is 0 Å². The van der Waals surface area contributed by atoms with Crippen LogP contribution in [0.25, 0.3) is 0 Å². The molecule has 1 fully saturated rings. The fourth-order valence-corrected chi connectivity index (χ4v) is 2.68. The predicted molar refractivity (Wildman–Crippen MR) is 65.8 cm³/mol. The predicted octanol–water partition coefficient (Wildman–Crippen LogP) is 1.73. The molecular formula is C13H19N3. The maximum atomic E-state index is 4.68. The summed E-state index contributed by atoms with van der Waals surface area (Å²) in [6, 6.07) is 4.99. The monoisotopic (exact) mass is 217 g/mol. The molecule has 1 aliphatic heterocycles. The van der Waals surface area contributed by atoms with Crippen LogP contribution in [0.1, 0.15) is 30.5 Å². The van der Waals surface area contributed by atoms with Gasteiger partial charge in [-0.05, 0) is 50.3 Å². The van der Waals surface area contributed by atoms with Crippen LogP contribution >= 0.6 is 0 Å². The Morgan fingerprint density at radius 2 is 2.31 bits per heavy atom. The molecule has 0 radical (unpaired) electrons. The van der Waals surface area contributed by atoms with Crippen molar-refractivity contribution in [1.29, 1.82) is 0 Å². The first kappa shape index (κ1) is 10.1. The number of nitrogens with zero attached hydrogens (tertiary/aromatic N) is 1. The van der Waals surface area contributed by atoms with E-state index in [0.29, 0.717) is 6.04 Å². The number of pyridine rings is 1. The quantitative estimate of drug-likeness (QED) is 0.809. The van der Waals surface area contributed by atoms with Gasteiger partial charge >= 0.3 is 0 Å². The third-order valence-corrected chi connectivity index (χ3v) is 3.62. The van der Waals surface area contributed by atoms with Crippen LogP contribution in [-0.4, -0.2) is 24.1 Å². The van der Waals surface area contributed by atoms with Crippen molar-refractivity contribution >= 4 is 5.82 Å².